The summed E-state index contributed by atoms with van der Waals surface area (Å²) in [6.07, 6.45) is 0. The van der Waals surface area contributed by atoms with Crippen LogP contribution in [0.5, 0.6) is 0 Å². The summed E-state index contributed by atoms with van der Waals surface area (Å²) in [5, 5.41) is 9.80. The van der Waals surface area contributed by atoms with Crippen molar-refractivity contribution in [2.24, 2.45) is 0 Å². The molecule has 3 aromatic carbocycles. The molecule has 0 bridgehead atoms. The predicted octanol–water partition coefficient (Wildman–Crippen LogP) is 5.84. The van der Waals surface area contributed by atoms with Crippen molar-refractivity contribution in [3.8, 4) is 0 Å². The van der Waals surface area contributed by atoms with Crippen molar-refractivity contribution < 1.29 is 4.79 Å². The third-order valence-electron chi connectivity index (χ3n) is 4.17. The molecule has 148 valence electrons. The monoisotopic (exact) mass is 421 g/mol. The normalized spacial score (nSPS) is 10.3. The minimum absolute atomic E-state index is 0.0163. The highest BCUT2D eigenvalue weighted by Gasteiger charge is 2.06. The maximum absolute atomic E-state index is 12.2. The largest absolute Gasteiger partial charge is 0.332 e. The Labute approximate surface area is 181 Å². The Hall–Kier alpha value is -2.83. The van der Waals surface area contributed by atoms with Crippen molar-refractivity contribution in [1.29, 1.82) is 0 Å². The van der Waals surface area contributed by atoms with E-state index in [9.17, 15) is 4.79 Å². The molecule has 0 radical (unpaired) electrons. The molecule has 1 amide bonds. The average Bonchev–Trinajstić information content (AvgIpc) is 2.70. The summed E-state index contributed by atoms with van der Waals surface area (Å²) in [5.41, 5.74) is 4.94. The Morgan fingerprint density at radius 2 is 1.52 bits per heavy atom. The molecule has 3 rings (SSSR count). The van der Waals surface area contributed by atoms with Crippen molar-refractivity contribution >= 4 is 52.1 Å². The third-order valence-corrected chi connectivity index (χ3v) is 5.39. The van der Waals surface area contributed by atoms with Crippen LogP contribution < -0.4 is 16.0 Å². The summed E-state index contributed by atoms with van der Waals surface area (Å²) in [7, 11) is 0. The van der Waals surface area contributed by atoms with Crippen molar-refractivity contribution in [3.05, 3.63) is 83.9 Å². The van der Waals surface area contributed by atoms with E-state index in [4.69, 9.17) is 12.2 Å². The number of para-hydroxylation sites is 1. The molecule has 0 aliphatic carbocycles. The first-order valence-electron chi connectivity index (χ1n) is 9.22. The molecule has 0 spiro atoms. The highest BCUT2D eigenvalue weighted by molar-refractivity contribution is 8.00. The molecule has 3 N–H and O–H groups in total. The molecule has 0 heterocycles. The number of carbonyl (C=O) groups is 1. The predicted molar refractivity (Wildman–Crippen MR) is 128 cm³/mol. The number of anilines is 3. The number of carbonyl (C=O) groups excluding carboxylic acids is 1. The summed E-state index contributed by atoms with van der Waals surface area (Å²) >= 11 is 6.84. The van der Waals surface area contributed by atoms with E-state index in [1.54, 1.807) is 0 Å². The van der Waals surface area contributed by atoms with Gasteiger partial charge in [-0.05, 0) is 74.1 Å². The zero-order chi connectivity index (χ0) is 20.6. The third kappa shape index (κ3) is 6.62. The van der Waals surface area contributed by atoms with Crippen LogP contribution in [0, 0.1) is 13.8 Å². The lowest BCUT2D eigenvalue weighted by atomic mass is 10.1. The molecule has 0 saturated heterocycles. The number of aryl methyl sites for hydroxylation is 2. The Morgan fingerprint density at radius 3 is 2.17 bits per heavy atom. The number of rotatable bonds is 6. The highest BCUT2D eigenvalue weighted by atomic mass is 32.2. The highest BCUT2D eigenvalue weighted by Crippen LogP contribution is 2.22. The van der Waals surface area contributed by atoms with Gasteiger partial charge in [0.25, 0.3) is 0 Å². The quantitative estimate of drug-likeness (QED) is 0.345. The van der Waals surface area contributed by atoms with Gasteiger partial charge in [0.15, 0.2) is 5.11 Å². The van der Waals surface area contributed by atoms with Crippen LogP contribution in [0.25, 0.3) is 0 Å². The van der Waals surface area contributed by atoms with Crippen molar-refractivity contribution in [2.75, 3.05) is 21.7 Å². The molecular weight excluding hydrogens is 398 g/mol. The molecule has 4 nitrogen and oxygen atoms in total. The van der Waals surface area contributed by atoms with Crippen LogP contribution in [0.2, 0.25) is 0 Å². The number of thiocarbonyl (C=S) groups is 1. The number of hydrogen-bond donors (Lipinski definition) is 3. The van der Waals surface area contributed by atoms with Crippen LogP contribution in [0.3, 0.4) is 0 Å². The number of benzene rings is 3. The second-order valence-corrected chi connectivity index (χ2v) is 8.08. The van der Waals surface area contributed by atoms with Gasteiger partial charge in [0.2, 0.25) is 5.91 Å². The molecule has 0 aliphatic rings. The van der Waals surface area contributed by atoms with E-state index in [2.05, 4.69) is 22.0 Å². The minimum atomic E-state index is -0.0163. The lowest BCUT2D eigenvalue weighted by Crippen LogP contribution is -2.18. The van der Waals surface area contributed by atoms with Crippen LogP contribution in [0.1, 0.15) is 11.1 Å². The molecule has 0 unspecified atom stereocenters. The van der Waals surface area contributed by atoms with Gasteiger partial charge >= 0.3 is 0 Å². The number of amides is 1. The van der Waals surface area contributed by atoms with E-state index >= 15 is 0 Å². The van der Waals surface area contributed by atoms with Crippen LogP contribution >= 0.6 is 24.0 Å². The molecule has 3 aromatic rings. The molecule has 0 atom stereocenters. The summed E-state index contributed by atoms with van der Waals surface area (Å²) in [6, 6.07) is 23.6. The number of thioether (sulfide) groups is 1. The molecule has 0 fully saturated rings. The van der Waals surface area contributed by atoms with Crippen LogP contribution in [0.4, 0.5) is 17.1 Å². The first kappa shape index (κ1) is 20.9. The van der Waals surface area contributed by atoms with Gasteiger partial charge in [-0.1, -0.05) is 35.9 Å². The lowest BCUT2D eigenvalue weighted by molar-refractivity contribution is -0.113. The maximum atomic E-state index is 12.2. The van der Waals surface area contributed by atoms with Crippen LogP contribution in [-0.4, -0.2) is 16.8 Å². The van der Waals surface area contributed by atoms with Gasteiger partial charge in [-0.25, -0.2) is 0 Å². The van der Waals surface area contributed by atoms with Gasteiger partial charge < -0.3 is 16.0 Å². The van der Waals surface area contributed by atoms with E-state index in [0.717, 1.165) is 27.5 Å². The first-order valence-corrected chi connectivity index (χ1v) is 10.6. The lowest BCUT2D eigenvalue weighted by Gasteiger charge is -2.11. The molecule has 0 aliphatic heterocycles. The van der Waals surface area contributed by atoms with E-state index in [1.165, 1.54) is 17.3 Å². The van der Waals surface area contributed by atoms with Crippen molar-refractivity contribution in [1.82, 2.24) is 0 Å². The van der Waals surface area contributed by atoms with Gasteiger partial charge in [0.05, 0.1) is 5.75 Å². The van der Waals surface area contributed by atoms with Gasteiger partial charge in [0.1, 0.15) is 0 Å². The Balaban J connectivity index is 1.47. The van der Waals surface area contributed by atoms with Crippen molar-refractivity contribution in [3.63, 3.8) is 0 Å². The second kappa shape index (κ2) is 10.1. The Morgan fingerprint density at radius 1 is 0.862 bits per heavy atom. The SMILES string of the molecule is Cc1ccc(NC(=O)CSc2ccc(NC(=S)Nc3ccccc3)cc2)c(C)c1. The first-order chi connectivity index (χ1) is 14.0. The van der Waals surface area contributed by atoms with Crippen LogP contribution in [0.15, 0.2) is 77.7 Å². The molecule has 29 heavy (non-hydrogen) atoms. The Kier molecular flexibility index (Phi) is 7.27. The molecule has 0 saturated carbocycles. The van der Waals surface area contributed by atoms with E-state index < -0.39 is 0 Å². The number of nitrogens with one attached hydrogen (secondary N) is 3. The van der Waals surface area contributed by atoms with Gasteiger partial charge in [-0.2, -0.15) is 0 Å². The van der Waals surface area contributed by atoms with E-state index in [0.29, 0.717) is 10.9 Å². The summed E-state index contributed by atoms with van der Waals surface area (Å²) in [6.45, 7) is 4.04. The minimum Gasteiger partial charge on any atom is -0.332 e. The summed E-state index contributed by atoms with van der Waals surface area (Å²) in [5.74, 6) is 0.339. The van der Waals surface area contributed by atoms with E-state index in [1.807, 2.05) is 80.6 Å². The fourth-order valence-electron chi connectivity index (χ4n) is 2.74. The van der Waals surface area contributed by atoms with Crippen molar-refractivity contribution in [2.45, 2.75) is 18.7 Å². The van der Waals surface area contributed by atoms with Gasteiger partial charge in [-0.3, -0.25) is 4.79 Å². The van der Waals surface area contributed by atoms with Gasteiger partial charge in [-0.15, -0.1) is 11.8 Å². The van der Waals surface area contributed by atoms with Crippen LogP contribution in [-0.2, 0) is 4.79 Å². The number of hydrogen-bond acceptors (Lipinski definition) is 3. The smallest absolute Gasteiger partial charge is 0.234 e. The maximum Gasteiger partial charge on any atom is 0.234 e. The zero-order valence-corrected chi connectivity index (χ0v) is 18.0. The molecule has 6 heteroatoms. The molecule has 0 aromatic heterocycles. The average molecular weight is 422 g/mol. The molecular formula is C23H23N3OS2. The van der Waals surface area contributed by atoms with Gasteiger partial charge in [0, 0.05) is 22.0 Å². The fraction of sp³-hybridized carbons (Fsp3) is 0.130. The van der Waals surface area contributed by atoms with E-state index in [-0.39, 0.29) is 5.91 Å². The summed E-state index contributed by atoms with van der Waals surface area (Å²) in [4.78, 5) is 13.3. The summed E-state index contributed by atoms with van der Waals surface area (Å²) < 4.78 is 0. The topological polar surface area (TPSA) is 53.2 Å². The zero-order valence-electron chi connectivity index (χ0n) is 16.4. The Bertz CT molecular complexity index is 989. The fourth-order valence-corrected chi connectivity index (χ4v) is 3.67. The standard InChI is InChI=1S/C23H23N3OS2/c1-16-8-13-21(17(2)14-16)26-22(27)15-29-20-11-9-19(10-12-20)25-23(28)24-18-6-4-3-5-7-18/h3-14H,15H2,1-2H3,(H,26,27)(H2,24,25,28). The second-order valence-electron chi connectivity index (χ2n) is 6.62.